The van der Waals surface area contributed by atoms with Crippen LogP contribution in [0.1, 0.15) is 100 Å². The first-order chi connectivity index (χ1) is 35.8. The lowest BCUT2D eigenvalue weighted by molar-refractivity contribution is -0.151. The van der Waals surface area contributed by atoms with Gasteiger partial charge in [-0.1, -0.05) is 121 Å². The Kier molecular flexibility index (Phi) is 30.5. The van der Waals surface area contributed by atoms with Crippen LogP contribution < -0.4 is 21.3 Å². The highest BCUT2D eigenvalue weighted by molar-refractivity contribution is 5.85. The number of likely N-dealkylation sites (N-methyl/N-ethyl adjacent to an activating group) is 2. The van der Waals surface area contributed by atoms with E-state index in [1.807, 2.05) is 121 Å². The van der Waals surface area contributed by atoms with Gasteiger partial charge >= 0.3 is 23.9 Å². The first kappa shape index (κ1) is 61.3. The second-order valence-electron chi connectivity index (χ2n) is 17.9. The third kappa shape index (κ3) is 27.1. The van der Waals surface area contributed by atoms with E-state index in [4.69, 9.17) is 18.9 Å². The molecule has 16 nitrogen and oxygen atoms in total. The van der Waals surface area contributed by atoms with Gasteiger partial charge in [0.2, 0.25) is 11.8 Å². The van der Waals surface area contributed by atoms with Crippen LogP contribution in [0.5, 0.6) is 0 Å². The number of rotatable bonds is 34. The normalized spacial score (nSPS) is 12.3. The van der Waals surface area contributed by atoms with E-state index in [1.54, 1.807) is 14.1 Å². The molecule has 0 aliphatic carbocycles. The number of hydrogen-bond donors (Lipinski definition) is 4. The average molecular weight is 1020 g/mol. The monoisotopic (exact) mass is 1020 g/mol. The van der Waals surface area contributed by atoms with Crippen molar-refractivity contribution >= 4 is 47.3 Å². The average Bonchev–Trinajstić information content (AvgIpc) is 3.40. The summed E-state index contributed by atoms with van der Waals surface area (Å²) in [5.41, 5.74) is 3.84. The second-order valence-corrected chi connectivity index (χ2v) is 17.9. The van der Waals surface area contributed by atoms with Crippen molar-refractivity contribution in [2.24, 2.45) is 0 Å². The SMILES string of the molecule is CNC(Cc1ccccc1)C(=O)OCCCOC(=O)C(Cc1ccccc1)NC(=O)CCCCC(C)=O.CNC(Cc1ccccc1)C(=O)OCCCOC(=O)C(Cc1ccccc1)NC(=O)CCCCC(C)=O. The smallest absolute Gasteiger partial charge is 0.328 e. The maximum atomic E-state index is 12.8. The molecular weight excluding hydrogens is 945 g/mol. The molecule has 4 rings (SSSR count). The molecule has 4 aromatic rings. The largest absolute Gasteiger partial charge is 0.464 e. The van der Waals surface area contributed by atoms with Crippen LogP contribution in [-0.2, 0) is 83.0 Å². The number of carbonyl (C=O) groups is 8. The van der Waals surface area contributed by atoms with Gasteiger partial charge in [-0.25, -0.2) is 9.59 Å². The van der Waals surface area contributed by atoms with Crippen molar-refractivity contribution in [3.63, 3.8) is 0 Å². The highest BCUT2D eigenvalue weighted by Gasteiger charge is 2.25. The second kappa shape index (κ2) is 36.8. The summed E-state index contributed by atoms with van der Waals surface area (Å²) in [6, 6.07) is 35.5. The van der Waals surface area contributed by atoms with Crippen molar-refractivity contribution < 1.29 is 57.3 Å². The van der Waals surface area contributed by atoms with E-state index in [0.717, 1.165) is 22.3 Å². The molecule has 0 aromatic heterocycles. The molecule has 0 heterocycles. The predicted molar refractivity (Wildman–Crippen MR) is 282 cm³/mol. The molecule has 2 amide bonds. The number of benzene rings is 4. The predicted octanol–water partition coefficient (Wildman–Crippen LogP) is 6.34. The summed E-state index contributed by atoms with van der Waals surface area (Å²) in [4.78, 5) is 97.3. The molecular formula is C58H76N4O12. The fourth-order valence-corrected chi connectivity index (χ4v) is 7.46. The van der Waals surface area contributed by atoms with E-state index < -0.39 is 36.1 Å². The molecule has 0 saturated heterocycles. The number of ether oxygens (including phenoxy) is 4. The van der Waals surface area contributed by atoms with Crippen LogP contribution >= 0.6 is 0 Å². The van der Waals surface area contributed by atoms with E-state index in [9.17, 15) is 38.4 Å². The number of ketones is 2. The molecule has 74 heavy (non-hydrogen) atoms. The van der Waals surface area contributed by atoms with Gasteiger partial charge in [0.05, 0.1) is 26.4 Å². The van der Waals surface area contributed by atoms with Crippen molar-refractivity contribution in [3.8, 4) is 0 Å². The lowest BCUT2D eigenvalue weighted by Crippen LogP contribution is -2.43. The molecule has 0 aliphatic heterocycles. The first-order valence-corrected chi connectivity index (χ1v) is 25.5. The lowest BCUT2D eigenvalue weighted by atomic mass is 10.1. The number of carbonyl (C=O) groups excluding carboxylic acids is 8. The maximum Gasteiger partial charge on any atom is 0.328 e. The van der Waals surface area contributed by atoms with Gasteiger partial charge in [-0.15, -0.1) is 0 Å². The van der Waals surface area contributed by atoms with E-state index in [1.165, 1.54) is 13.8 Å². The molecule has 0 radical (unpaired) electrons. The number of hydrogen-bond acceptors (Lipinski definition) is 14. The van der Waals surface area contributed by atoms with E-state index >= 15 is 0 Å². The van der Waals surface area contributed by atoms with Gasteiger partial charge in [-0.05, 0) is 88.7 Å². The molecule has 0 bridgehead atoms. The van der Waals surface area contributed by atoms with Crippen LogP contribution in [0, 0.1) is 0 Å². The van der Waals surface area contributed by atoms with Gasteiger partial charge < -0.3 is 49.8 Å². The molecule has 0 saturated carbocycles. The summed E-state index contributed by atoms with van der Waals surface area (Å²) in [6.07, 6.45) is 6.08. The Balaban J connectivity index is 0.000000390. The molecule has 0 aliphatic rings. The molecule has 0 fully saturated rings. The minimum atomic E-state index is -0.829. The van der Waals surface area contributed by atoms with E-state index in [2.05, 4.69) is 21.3 Å². The Morgan fingerprint density at radius 1 is 0.351 bits per heavy atom. The summed E-state index contributed by atoms with van der Waals surface area (Å²) in [7, 11) is 3.42. The third-order valence-electron chi connectivity index (χ3n) is 11.6. The molecule has 0 spiro atoms. The summed E-state index contributed by atoms with van der Waals surface area (Å²) in [6.45, 7) is 3.41. The van der Waals surface area contributed by atoms with Gasteiger partial charge in [0, 0.05) is 51.4 Å². The Morgan fingerprint density at radius 2 is 0.595 bits per heavy atom. The van der Waals surface area contributed by atoms with Crippen LogP contribution in [0.25, 0.3) is 0 Å². The molecule has 4 N–H and O–H groups in total. The van der Waals surface area contributed by atoms with Crippen LogP contribution in [0.3, 0.4) is 0 Å². The highest BCUT2D eigenvalue weighted by Crippen LogP contribution is 2.11. The summed E-state index contributed by atoms with van der Waals surface area (Å²) in [5, 5.41) is 11.5. The number of esters is 4. The number of Topliss-reactive ketones (excluding diaryl/α,β-unsaturated/α-hetero) is 2. The Morgan fingerprint density at radius 3 is 0.851 bits per heavy atom. The summed E-state index contributed by atoms with van der Waals surface area (Å²) in [5.74, 6) is -2.13. The zero-order valence-corrected chi connectivity index (χ0v) is 43.5. The van der Waals surface area contributed by atoms with Gasteiger partial charge in [0.25, 0.3) is 0 Å². The van der Waals surface area contributed by atoms with Gasteiger partial charge in [-0.2, -0.15) is 0 Å². The summed E-state index contributed by atoms with van der Waals surface area (Å²) < 4.78 is 21.5. The van der Waals surface area contributed by atoms with Crippen molar-refractivity contribution in [3.05, 3.63) is 144 Å². The number of amides is 2. The van der Waals surface area contributed by atoms with Crippen molar-refractivity contribution in [1.29, 1.82) is 0 Å². The van der Waals surface area contributed by atoms with Gasteiger partial charge in [-0.3, -0.25) is 19.2 Å². The van der Waals surface area contributed by atoms with Crippen molar-refractivity contribution in [2.45, 2.75) is 128 Å². The molecule has 4 atom stereocenters. The number of nitrogens with one attached hydrogen (secondary N) is 4. The Labute approximate surface area is 436 Å². The lowest BCUT2D eigenvalue weighted by Gasteiger charge is -2.18. The van der Waals surface area contributed by atoms with Gasteiger partial charge in [0.15, 0.2) is 0 Å². The number of unbranched alkanes of at least 4 members (excludes halogenated alkanes) is 2. The zero-order valence-electron chi connectivity index (χ0n) is 43.5. The third-order valence-corrected chi connectivity index (χ3v) is 11.6. The van der Waals surface area contributed by atoms with Crippen LogP contribution in [-0.4, -0.2) is 112 Å². The van der Waals surface area contributed by atoms with Crippen LogP contribution in [0.4, 0.5) is 0 Å². The fourth-order valence-electron chi connectivity index (χ4n) is 7.46. The van der Waals surface area contributed by atoms with Gasteiger partial charge in [0.1, 0.15) is 35.7 Å². The topological polar surface area (TPSA) is 222 Å². The molecule has 16 heteroatoms. The van der Waals surface area contributed by atoms with E-state index in [0.29, 0.717) is 77.0 Å². The molecule has 400 valence electrons. The summed E-state index contributed by atoms with van der Waals surface area (Å²) >= 11 is 0. The molecule has 4 aromatic carbocycles. The van der Waals surface area contributed by atoms with Crippen LogP contribution in [0.15, 0.2) is 121 Å². The quantitative estimate of drug-likeness (QED) is 0.0228. The highest BCUT2D eigenvalue weighted by atomic mass is 16.6. The Bertz CT molecular complexity index is 2120. The van der Waals surface area contributed by atoms with Crippen molar-refractivity contribution in [2.75, 3.05) is 40.5 Å². The molecule has 4 unspecified atom stereocenters. The standard InChI is InChI=1S/2C29H38N2O6/c2*1-22(32)12-9-10-17-27(33)31-26(21-24-15-7-4-8-16-24)29(35)37-19-11-18-36-28(34)25(30-2)20-23-13-5-3-6-14-23/h2*3-8,13-16,25-26,30H,9-12,17-21H2,1-2H3,(H,31,33). The fraction of sp³-hybridized carbons (Fsp3) is 0.448. The van der Waals surface area contributed by atoms with Crippen LogP contribution in [0.2, 0.25) is 0 Å². The minimum Gasteiger partial charge on any atom is -0.464 e. The minimum absolute atomic E-state index is 0.0643. The zero-order chi connectivity index (χ0) is 53.8. The first-order valence-electron chi connectivity index (χ1n) is 25.5. The maximum absolute atomic E-state index is 12.8. The Hall–Kier alpha value is -7.04. The van der Waals surface area contributed by atoms with Crippen molar-refractivity contribution in [1.82, 2.24) is 21.3 Å². The van der Waals surface area contributed by atoms with E-state index in [-0.39, 0.29) is 74.6 Å².